The highest BCUT2D eigenvalue weighted by molar-refractivity contribution is 5.73. The zero-order valence-electron chi connectivity index (χ0n) is 37.2. The molecule has 1 aliphatic rings. The molecule has 1 rings (SSSR count). The van der Waals surface area contributed by atoms with Crippen molar-refractivity contribution in [2.24, 2.45) is 0 Å². The van der Waals surface area contributed by atoms with Gasteiger partial charge < -0.3 is 39.4 Å². The Bertz CT molecular complexity index is 1230. The second kappa shape index (κ2) is 38.8. The number of allylic oxidation sites excluding steroid dienone is 10. The predicted octanol–water partition coefficient (Wildman–Crippen LogP) is 10.3. The van der Waals surface area contributed by atoms with Crippen LogP contribution in [-0.2, 0) is 33.3 Å². The number of aliphatic hydroxyl groups is 3. The van der Waals surface area contributed by atoms with Gasteiger partial charge in [-0.3, -0.25) is 9.59 Å². The number of carboxylic acids is 1. The molecule has 1 aliphatic heterocycles. The number of aliphatic hydroxyl groups excluding tert-OH is 3. The average Bonchev–Trinajstić information content (AvgIpc) is 3.23. The van der Waals surface area contributed by atoms with E-state index in [9.17, 15) is 34.8 Å². The summed E-state index contributed by atoms with van der Waals surface area (Å²) in [6.45, 7) is 3.64. The molecule has 0 saturated carbocycles. The number of hydrogen-bond donors (Lipinski definition) is 4. The van der Waals surface area contributed by atoms with Crippen LogP contribution in [-0.4, -0.2) is 88.4 Å². The monoisotopic (exact) mass is 847 g/mol. The molecular weight excluding hydrogens is 765 g/mol. The van der Waals surface area contributed by atoms with Gasteiger partial charge in [0.25, 0.3) is 0 Å². The topological polar surface area (TPSA) is 169 Å². The Balaban J connectivity index is 2.29. The molecule has 1 fully saturated rings. The maximum Gasteiger partial charge on any atom is 0.335 e. The second-order valence-corrected chi connectivity index (χ2v) is 15.9. The first-order valence-electron chi connectivity index (χ1n) is 23.3. The van der Waals surface area contributed by atoms with Crippen LogP contribution in [0.4, 0.5) is 0 Å². The highest BCUT2D eigenvalue weighted by Gasteiger charge is 2.47. The summed E-state index contributed by atoms with van der Waals surface area (Å²) in [6.07, 6.45) is 38.5. The fourth-order valence-corrected chi connectivity index (χ4v) is 6.67. The lowest BCUT2D eigenvalue weighted by Gasteiger charge is -2.38. The molecule has 0 amide bonds. The Kier molecular flexibility index (Phi) is 35.5. The Morgan fingerprint density at radius 2 is 0.983 bits per heavy atom. The Morgan fingerprint density at radius 1 is 0.533 bits per heavy atom. The largest absolute Gasteiger partial charge is 0.479 e. The molecule has 0 aromatic rings. The number of ether oxygens (including phenoxy) is 4. The summed E-state index contributed by atoms with van der Waals surface area (Å²) in [5, 5.41) is 39.8. The Hall–Kier alpha value is -3.09. The fourth-order valence-electron chi connectivity index (χ4n) is 6.67. The number of unbranched alkanes of at least 4 members (excludes halogenated alkanes) is 17. The highest BCUT2D eigenvalue weighted by atomic mass is 16.7. The van der Waals surface area contributed by atoms with E-state index in [1.54, 1.807) is 0 Å². The third-order valence-corrected chi connectivity index (χ3v) is 10.4. The number of hydrogen-bond acceptors (Lipinski definition) is 10. The molecule has 1 saturated heterocycles. The van der Waals surface area contributed by atoms with Crippen LogP contribution in [0.25, 0.3) is 0 Å². The quantitative estimate of drug-likeness (QED) is 0.0265. The van der Waals surface area contributed by atoms with Crippen molar-refractivity contribution in [3.05, 3.63) is 60.8 Å². The molecule has 4 N–H and O–H groups in total. The first kappa shape index (κ1) is 54.9. The molecule has 0 spiro atoms. The van der Waals surface area contributed by atoms with Gasteiger partial charge >= 0.3 is 17.9 Å². The smallest absolute Gasteiger partial charge is 0.335 e. The number of esters is 2. The summed E-state index contributed by atoms with van der Waals surface area (Å²) in [5.74, 6) is -2.47. The Labute approximate surface area is 362 Å². The van der Waals surface area contributed by atoms with E-state index < -0.39 is 61.3 Å². The maximum absolute atomic E-state index is 12.7. The number of aliphatic carboxylic acids is 1. The molecule has 0 aromatic heterocycles. The van der Waals surface area contributed by atoms with Crippen LogP contribution in [0.15, 0.2) is 60.8 Å². The third kappa shape index (κ3) is 30.0. The van der Waals surface area contributed by atoms with E-state index in [1.807, 2.05) is 0 Å². The molecule has 11 nitrogen and oxygen atoms in total. The number of carbonyl (C=O) groups excluding carboxylic acids is 2. The maximum atomic E-state index is 12.7. The van der Waals surface area contributed by atoms with E-state index >= 15 is 0 Å². The number of rotatable bonds is 38. The minimum Gasteiger partial charge on any atom is -0.479 e. The van der Waals surface area contributed by atoms with Crippen molar-refractivity contribution >= 4 is 17.9 Å². The van der Waals surface area contributed by atoms with Crippen LogP contribution in [0.5, 0.6) is 0 Å². The van der Waals surface area contributed by atoms with E-state index in [1.165, 1.54) is 51.4 Å². The molecule has 6 atom stereocenters. The highest BCUT2D eigenvalue weighted by Crippen LogP contribution is 2.23. The van der Waals surface area contributed by atoms with Crippen LogP contribution in [0.1, 0.15) is 181 Å². The van der Waals surface area contributed by atoms with Gasteiger partial charge in [-0.15, -0.1) is 0 Å². The molecule has 0 bridgehead atoms. The average molecular weight is 847 g/mol. The predicted molar refractivity (Wildman–Crippen MR) is 238 cm³/mol. The van der Waals surface area contributed by atoms with Crippen LogP contribution in [0.2, 0.25) is 0 Å². The van der Waals surface area contributed by atoms with Crippen molar-refractivity contribution in [3.63, 3.8) is 0 Å². The summed E-state index contributed by atoms with van der Waals surface area (Å²) in [4.78, 5) is 36.8. The number of carboxylic acid groups (broad SMARTS) is 1. The lowest BCUT2D eigenvalue weighted by atomic mass is 9.99. The van der Waals surface area contributed by atoms with Crippen LogP contribution >= 0.6 is 0 Å². The first-order valence-corrected chi connectivity index (χ1v) is 23.3. The summed E-state index contributed by atoms with van der Waals surface area (Å²) in [7, 11) is 0. The molecule has 11 heteroatoms. The molecule has 1 heterocycles. The van der Waals surface area contributed by atoms with E-state index in [-0.39, 0.29) is 19.4 Å². The molecule has 0 aromatic carbocycles. The van der Waals surface area contributed by atoms with Crippen molar-refractivity contribution in [2.45, 2.75) is 218 Å². The summed E-state index contributed by atoms with van der Waals surface area (Å²) in [6, 6.07) is 0. The van der Waals surface area contributed by atoms with E-state index in [0.717, 1.165) is 89.9 Å². The van der Waals surface area contributed by atoms with Crippen LogP contribution < -0.4 is 0 Å². The van der Waals surface area contributed by atoms with Gasteiger partial charge in [-0.1, -0.05) is 158 Å². The Morgan fingerprint density at radius 3 is 1.50 bits per heavy atom. The zero-order chi connectivity index (χ0) is 43.9. The minimum absolute atomic E-state index is 0.169. The van der Waals surface area contributed by atoms with Gasteiger partial charge in [0.15, 0.2) is 18.5 Å². The van der Waals surface area contributed by atoms with Gasteiger partial charge in [-0.25, -0.2) is 4.79 Å². The van der Waals surface area contributed by atoms with Crippen molar-refractivity contribution in [3.8, 4) is 0 Å². The first-order chi connectivity index (χ1) is 29.2. The fraction of sp³-hybridized carbons (Fsp3) is 0.735. The minimum atomic E-state index is -1.86. The van der Waals surface area contributed by atoms with Gasteiger partial charge in [0.2, 0.25) is 0 Å². The van der Waals surface area contributed by atoms with E-state index in [4.69, 9.17) is 18.9 Å². The molecule has 0 radical (unpaired) electrons. The standard InChI is InChI=1S/C49H82O11/c1-3-5-7-9-11-13-15-16-17-18-19-20-21-22-23-24-25-26-28-29-31-33-35-37-42(50)57-39-41(40-58-49-46(54)44(52)45(53)47(60-49)48(55)56)59-43(51)38-36-34-32-30-27-14-12-10-8-6-4-2/h5,7,10-13,16-17,19-20,41,44-47,49,52-54H,3-4,6,8-9,14-15,18,21-40H2,1-2H3,(H,55,56)/b7-5-,12-10-,13-11-,17-16-,20-19-. The molecular formula is C49H82O11. The van der Waals surface area contributed by atoms with Crippen molar-refractivity contribution in [1.29, 1.82) is 0 Å². The summed E-state index contributed by atoms with van der Waals surface area (Å²) >= 11 is 0. The molecule has 344 valence electrons. The van der Waals surface area contributed by atoms with Crippen molar-refractivity contribution in [2.75, 3.05) is 13.2 Å². The third-order valence-electron chi connectivity index (χ3n) is 10.4. The summed E-state index contributed by atoms with van der Waals surface area (Å²) < 4.78 is 21.7. The van der Waals surface area contributed by atoms with Gasteiger partial charge in [-0.2, -0.15) is 0 Å². The SMILES string of the molecule is CC/C=C\C/C=C\C/C=C\C/C=C\CCCCCCCCCCCCC(=O)OCC(COC1OC(C(=O)O)C(O)C(O)C1O)OC(=O)CCCCCCC/C=C\CCCC. The number of carbonyl (C=O) groups is 3. The van der Waals surface area contributed by atoms with Gasteiger partial charge in [0.05, 0.1) is 6.61 Å². The molecule has 6 unspecified atom stereocenters. The normalized spacial score (nSPS) is 20.3. The van der Waals surface area contributed by atoms with Crippen LogP contribution in [0, 0.1) is 0 Å². The van der Waals surface area contributed by atoms with Gasteiger partial charge in [0.1, 0.15) is 24.9 Å². The van der Waals surface area contributed by atoms with Crippen LogP contribution in [0.3, 0.4) is 0 Å². The lowest BCUT2D eigenvalue weighted by molar-refractivity contribution is -0.298. The summed E-state index contributed by atoms with van der Waals surface area (Å²) in [5.41, 5.74) is 0. The van der Waals surface area contributed by atoms with Crippen molar-refractivity contribution < 1.29 is 53.8 Å². The van der Waals surface area contributed by atoms with Crippen molar-refractivity contribution in [1.82, 2.24) is 0 Å². The molecule has 60 heavy (non-hydrogen) atoms. The zero-order valence-corrected chi connectivity index (χ0v) is 37.2. The van der Waals surface area contributed by atoms with E-state index in [2.05, 4.69) is 74.6 Å². The van der Waals surface area contributed by atoms with E-state index in [0.29, 0.717) is 12.8 Å². The lowest BCUT2D eigenvalue weighted by Crippen LogP contribution is -2.60. The second-order valence-electron chi connectivity index (χ2n) is 15.9. The molecule has 0 aliphatic carbocycles. The van der Waals surface area contributed by atoms with Gasteiger partial charge in [0, 0.05) is 12.8 Å². The van der Waals surface area contributed by atoms with Gasteiger partial charge in [-0.05, 0) is 70.6 Å².